The molecular formula is C11H15FO3. The Morgan fingerprint density at radius 2 is 1.93 bits per heavy atom. The van der Waals surface area contributed by atoms with Gasteiger partial charge in [0, 0.05) is 6.61 Å². The molecule has 0 aliphatic heterocycles. The Morgan fingerprint density at radius 3 is 2.40 bits per heavy atom. The second kappa shape index (κ2) is 5.68. The molecule has 84 valence electrons. The highest BCUT2D eigenvalue weighted by Crippen LogP contribution is 2.14. The van der Waals surface area contributed by atoms with Gasteiger partial charge in [0.15, 0.2) is 0 Å². The van der Waals surface area contributed by atoms with Gasteiger partial charge < -0.3 is 14.6 Å². The van der Waals surface area contributed by atoms with E-state index in [1.165, 1.54) is 24.3 Å². The molecule has 2 atom stereocenters. The summed E-state index contributed by atoms with van der Waals surface area (Å²) < 4.78 is 23.1. The molecule has 0 bridgehead atoms. The van der Waals surface area contributed by atoms with Gasteiger partial charge in [-0.2, -0.15) is 0 Å². The summed E-state index contributed by atoms with van der Waals surface area (Å²) in [6.07, 6.45) is -1.46. The van der Waals surface area contributed by atoms with Crippen LogP contribution in [0.5, 0.6) is 5.75 Å². The minimum Gasteiger partial charge on any atom is -0.462 e. The van der Waals surface area contributed by atoms with Crippen molar-refractivity contribution < 1.29 is 19.0 Å². The van der Waals surface area contributed by atoms with Gasteiger partial charge in [0.25, 0.3) is 0 Å². The number of aliphatic hydroxyl groups excluding tert-OH is 1. The Labute approximate surface area is 88.4 Å². The van der Waals surface area contributed by atoms with Gasteiger partial charge in [-0.15, -0.1) is 0 Å². The van der Waals surface area contributed by atoms with Crippen LogP contribution in [0.4, 0.5) is 4.39 Å². The molecule has 3 nitrogen and oxygen atoms in total. The molecule has 0 aliphatic carbocycles. The molecule has 0 aromatic heterocycles. The molecule has 1 aromatic rings. The molecule has 15 heavy (non-hydrogen) atoms. The summed E-state index contributed by atoms with van der Waals surface area (Å²) in [5.41, 5.74) is 0. The normalized spacial score (nSPS) is 14.7. The number of hydrogen-bond donors (Lipinski definition) is 1. The van der Waals surface area contributed by atoms with Crippen molar-refractivity contribution in [3.8, 4) is 5.75 Å². The van der Waals surface area contributed by atoms with E-state index in [1.54, 1.807) is 6.92 Å². The molecule has 0 heterocycles. The highest BCUT2D eigenvalue weighted by molar-refractivity contribution is 5.22. The third kappa shape index (κ3) is 3.85. The average Bonchev–Trinajstić information content (AvgIpc) is 2.20. The van der Waals surface area contributed by atoms with Gasteiger partial charge >= 0.3 is 0 Å². The first-order chi connectivity index (χ1) is 7.13. The third-order valence-electron chi connectivity index (χ3n) is 1.79. The maximum atomic E-state index is 12.6. The van der Waals surface area contributed by atoms with Crippen molar-refractivity contribution in [3.05, 3.63) is 30.1 Å². The van der Waals surface area contributed by atoms with Gasteiger partial charge in [-0.05, 0) is 38.1 Å². The zero-order chi connectivity index (χ0) is 11.3. The monoisotopic (exact) mass is 214 g/mol. The second-order valence-corrected chi connectivity index (χ2v) is 3.14. The van der Waals surface area contributed by atoms with Crippen LogP contribution in [0, 0.1) is 5.82 Å². The molecule has 1 N–H and O–H groups in total. The van der Waals surface area contributed by atoms with Crippen LogP contribution in [0.1, 0.15) is 13.8 Å². The van der Waals surface area contributed by atoms with E-state index in [9.17, 15) is 9.50 Å². The Morgan fingerprint density at radius 1 is 1.33 bits per heavy atom. The summed E-state index contributed by atoms with van der Waals surface area (Å²) in [5.74, 6) is 0.142. The number of hydrogen-bond acceptors (Lipinski definition) is 3. The van der Waals surface area contributed by atoms with E-state index in [1.807, 2.05) is 6.92 Å². The Kier molecular flexibility index (Phi) is 4.52. The molecule has 0 aliphatic rings. The zero-order valence-corrected chi connectivity index (χ0v) is 8.81. The molecule has 0 fully saturated rings. The van der Waals surface area contributed by atoms with Crippen LogP contribution < -0.4 is 4.74 Å². The lowest BCUT2D eigenvalue weighted by molar-refractivity contribution is -0.136. The van der Waals surface area contributed by atoms with Gasteiger partial charge in [-0.3, -0.25) is 0 Å². The summed E-state index contributed by atoms with van der Waals surface area (Å²) in [6, 6.07) is 5.56. The Bertz CT molecular complexity index is 284. The summed E-state index contributed by atoms with van der Waals surface area (Å²) in [7, 11) is 0. The van der Waals surface area contributed by atoms with E-state index in [2.05, 4.69) is 0 Å². The van der Waals surface area contributed by atoms with Crippen LogP contribution in [0.2, 0.25) is 0 Å². The summed E-state index contributed by atoms with van der Waals surface area (Å²) >= 11 is 0. The van der Waals surface area contributed by atoms with Crippen LogP contribution in [0.25, 0.3) is 0 Å². The third-order valence-corrected chi connectivity index (χ3v) is 1.79. The lowest BCUT2D eigenvalue weighted by Crippen LogP contribution is -2.32. The molecule has 2 unspecified atom stereocenters. The number of aliphatic hydroxyl groups is 1. The highest BCUT2D eigenvalue weighted by Gasteiger charge is 2.16. The minimum absolute atomic E-state index is 0.327. The van der Waals surface area contributed by atoms with Crippen LogP contribution >= 0.6 is 0 Å². The molecular weight excluding hydrogens is 199 g/mol. The lowest BCUT2D eigenvalue weighted by atomic mass is 10.3. The largest absolute Gasteiger partial charge is 0.462 e. The first-order valence-corrected chi connectivity index (χ1v) is 4.85. The van der Waals surface area contributed by atoms with E-state index in [-0.39, 0.29) is 5.82 Å². The van der Waals surface area contributed by atoms with Crippen molar-refractivity contribution in [2.24, 2.45) is 0 Å². The smallest absolute Gasteiger partial charge is 0.225 e. The number of benzene rings is 1. The van der Waals surface area contributed by atoms with Crippen molar-refractivity contribution >= 4 is 0 Å². The molecule has 4 heteroatoms. The van der Waals surface area contributed by atoms with Crippen molar-refractivity contribution in [2.75, 3.05) is 6.61 Å². The molecule has 0 spiro atoms. The maximum Gasteiger partial charge on any atom is 0.225 e. The average molecular weight is 214 g/mol. The quantitative estimate of drug-likeness (QED) is 0.761. The molecule has 0 radical (unpaired) electrons. The highest BCUT2D eigenvalue weighted by atomic mass is 19.1. The molecule has 1 rings (SSSR count). The fourth-order valence-corrected chi connectivity index (χ4v) is 1.08. The molecule has 0 saturated heterocycles. The molecule has 0 saturated carbocycles. The fraction of sp³-hybridized carbons (Fsp3) is 0.455. The van der Waals surface area contributed by atoms with Gasteiger partial charge in [0.1, 0.15) is 17.7 Å². The number of rotatable bonds is 5. The van der Waals surface area contributed by atoms with E-state index < -0.39 is 12.4 Å². The van der Waals surface area contributed by atoms with Crippen LogP contribution in [0.15, 0.2) is 24.3 Å². The van der Waals surface area contributed by atoms with Crippen molar-refractivity contribution in [3.63, 3.8) is 0 Å². The summed E-state index contributed by atoms with van der Waals surface area (Å²) in [6.45, 7) is 3.82. The SMILES string of the molecule is CCOC(Oc1ccc(F)cc1)C(C)O. The van der Waals surface area contributed by atoms with Crippen molar-refractivity contribution in [2.45, 2.75) is 26.2 Å². The predicted molar refractivity (Wildman–Crippen MR) is 54.1 cm³/mol. The van der Waals surface area contributed by atoms with Crippen molar-refractivity contribution in [1.29, 1.82) is 0 Å². The Hall–Kier alpha value is -1.13. The van der Waals surface area contributed by atoms with E-state index in [0.717, 1.165) is 0 Å². The Balaban J connectivity index is 2.61. The summed E-state index contributed by atoms with van der Waals surface area (Å²) in [5, 5.41) is 9.34. The van der Waals surface area contributed by atoms with E-state index >= 15 is 0 Å². The van der Waals surface area contributed by atoms with Gasteiger partial charge in [-0.1, -0.05) is 0 Å². The van der Waals surface area contributed by atoms with Crippen LogP contribution in [-0.4, -0.2) is 24.1 Å². The number of ether oxygens (including phenoxy) is 2. The van der Waals surface area contributed by atoms with Gasteiger partial charge in [0.05, 0.1) is 0 Å². The topological polar surface area (TPSA) is 38.7 Å². The minimum atomic E-state index is -0.741. The number of halogens is 1. The predicted octanol–water partition coefficient (Wildman–Crippen LogP) is 1.95. The first kappa shape index (κ1) is 11.9. The standard InChI is InChI=1S/C11H15FO3/c1-3-14-11(8(2)13)15-10-6-4-9(12)5-7-10/h4-8,11,13H,3H2,1-2H3. The van der Waals surface area contributed by atoms with Gasteiger partial charge in [0.2, 0.25) is 6.29 Å². The molecule has 0 amide bonds. The zero-order valence-electron chi connectivity index (χ0n) is 8.81. The molecule has 1 aromatic carbocycles. The summed E-state index contributed by atoms with van der Waals surface area (Å²) in [4.78, 5) is 0. The maximum absolute atomic E-state index is 12.6. The van der Waals surface area contributed by atoms with E-state index in [0.29, 0.717) is 12.4 Å². The lowest BCUT2D eigenvalue weighted by Gasteiger charge is -2.21. The van der Waals surface area contributed by atoms with Crippen LogP contribution in [-0.2, 0) is 4.74 Å². The van der Waals surface area contributed by atoms with Crippen molar-refractivity contribution in [1.82, 2.24) is 0 Å². The van der Waals surface area contributed by atoms with E-state index in [4.69, 9.17) is 9.47 Å². The van der Waals surface area contributed by atoms with Gasteiger partial charge in [-0.25, -0.2) is 4.39 Å². The first-order valence-electron chi connectivity index (χ1n) is 4.85. The van der Waals surface area contributed by atoms with Crippen LogP contribution in [0.3, 0.4) is 0 Å². The fourth-order valence-electron chi connectivity index (χ4n) is 1.08. The second-order valence-electron chi connectivity index (χ2n) is 3.14.